The number of carbonyl (C=O) groups excluding carboxylic acids is 3. The minimum Gasteiger partial charge on any atom is -0.299 e. The zero-order chi connectivity index (χ0) is 14.0. The standard InChI is InChI=1S/C16H16O3/c1-11(17)7-9-16(12(2)18)10-8-13-5-3-4-6-14(13)15(16)19/h3-7,9H,8,10H2,1-2H3/b9-7-/t16-/m1/s1. The average Bonchev–Trinajstić information content (AvgIpc) is 2.38. The van der Waals surface area contributed by atoms with Crippen LogP contribution in [-0.2, 0) is 16.0 Å². The highest BCUT2D eigenvalue weighted by atomic mass is 16.2. The molecule has 0 unspecified atom stereocenters. The highest BCUT2D eigenvalue weighted by molar-refractivity contribution is 6.17. The van der Waals surface area contributed by atoms with Gasteiger partial charge in [0.2, 0.25) is 0 Å². The van der Waals surface area contributed by atoms with Crippen LogP contribution in [0.1, 0.15) is 36.2 Å². The summed E-state index contributed by atoms with van der Waals surface area (Å²) in [5.74, 6) is -0.559. The molecule has 0 amide bonds. The molecule has 1 atom stereocenters. The second-order valence-corrected chi connectivity index (χ2v) is 4.96. The Bertz CT molecular complexity index is 583. The molecule has 19 heavy (non-hydrogen) atoms. The highest BCUT2D eigenvalue weighted by Gasteiger charge is 2.44. The summed E-state index contributed by atoms with van der Waals surface area (Å²) < 4.78 is 0. The van der Waals surface area contributed by atoms with Gasteiger partial charge in [-0.2, -0.15) is 0 Å². The third-order valence-corrected chi connectivity index (χ3v) is 3.69. The molecule has 2 rings (SSSR count). The van der Waals surface area contributed by atoms with Crippen LogP contribution >= 0.6 is 0 Å². The number of Topliss-reactive ketones (excluding diaryl/α,β-unsaturated/α-hetero) is 2. The van der Waals surface area contributed by atoms with Crippen LogP contribution in [0.2, 0.25) is 0 Å². The van der Waals surface area contributed by atoms with E-state index in [1.807, 2.05) is 12.1 Å². The summed E-state index contributed by atoms with van der Waals surface area (Å²) in [6.45, 7) is 2.82. The summed E-state index contributed by atoms with van der Waals surface area (Å²) in [5, 5.41) is 0. The van der Waals surface area contributed by atoms with Crippen molar-refractivity contribution in [2.45, 2.75) is 26.7 Å². The summed E-state index contributed by atoms with van der Waals surface area (Å²) in [6, 6.07) is 7.34. The van der Waals surface area contributed by atoms with E-state index < -0.39 is 5.41 Å². The van der Waals surface area contributed by atoms with Gasteiger partial charge >= 0.3 is 0 Å². The van der Waals surface area contributed by atoms with Crippen LogP contribution in [0.3, 0.4) is 0 Å². The van der Waals surface area contributed by atoms with E-state index in [0.717, 1.165) is 5.56 Å². The van der Waals surface area contributed by atoms with Gasteiger partial charge in [-0.25, -0.2) is 0 Å². The van der Waals surface area contributed by atoms with Crippen molar-refractivity contribution >= 4 is 17.3 Å². The molecule has 0 saturated carbocycles. The number of benzene rings is 1. The van der Waals surface area contributed by atoms with E-state index >= 15 is 0 Å². The molecule has 0 fully saturated rings. The van der Waals surface area contributed by atoms with Crippen molar-refractivity contribution in [1.29, 1.82) is 0 Å². The van der Waals surface area contributed by atoms with Crippen molar-refractivity contribution in [3.05, 3.63) is 47.5 Å². The molecule has 0 heterocycles. The molecule has 0 aliphatic heterocycles. The van der Waals surface area contributed by atoms with Gasteiger partial charge in [-0.3, -0.25) is 14.4 Å². The van der Waals surface area contributed by atoms with Crippen LogP contribution in [0.4, 0.5) is 0 Å². The van der Waals surface area contributed by atoms with Gasteiger partial charge in [0.25, 0.3) is 0 Å². The van der Waals surface area contributed by atoms with E-state index in [2.05, 4.69) is 0 Å². The van der Waals surface area contributed by atoms with E-state index in [9.17, 15) is 14.4 Å². The lowest BCUT2D eigenvalue weighted by Crippen LogP contribution is -2.40. The summed E-state index contributed by atoms with van der Waals surface area (Å²) in [7, 11) is 0. The summed E-state index contributed by atoms with van der Waals surface area (Å²) in [4.78, 5) is 35.7. The second-order valence-electron chi connectivity index (χ2n) is 4.96. The topological polar surface area (TPSA) is 51.2 Å². The Hall–Kier alpha value is -2.03. The Balaban J connectivity index is 2.51. The fourth-order valence-corrected chi connectivity index (χ4v) is 2.52. The summed E-state index contributed by atoms with van der Waals surface area (Å²) >= 11 is 0. The summed E-state index contributed by atoms with van der Waals surface area (Å²) in [6.07, 6.45) is 3.91. The number of fused-ring (bicyclic) bond motifs is 1. The molecule has 0 N–H and O–H groups in total. The fraction of sp³-hybridized carbons (Fsp3) is 0.312. The van der Waals surface area contributed by atoms with Gasteiger partial charge in [0.05, 0.1) is 0 Å². The molecule has 0 saturated heterocycles. The van der Waals surface area contributed by atoms with Gasteiger partial charge in [0.15, 0.2) is 11.6 Å². The van der Waals surface area contributed by atoms with Crippen LogP contribution in [0.25, 0.3) is 0 Å². The quantitative estimate of drug-likeness (QED) is 0.617. The molecule has 1 aliphatic rings. The predicted octanol–water partition coefficient (Wildman–Crippen LogP) is 2.54. The monoisotopic (exact) mass is 256 g/mol. The lowest BCUT2D eigenvalue weighted by atomic mass is 9.68. The smallest absolute Gasteiger partial charge is 0.180 e. The van der Waals surface area contributed by atoms with Gasteiger partial charge in [0, 0.05) is 5.56 Å². The van der Waals surface area contributed by atoms with Crippen molar-refractivity contribution in [3.8, 4) is 0 Å². The average molecular weight is 256 g/mol. The number of hydrogen-bond donors (Lipinski definition) is 0. The molecule has 0 bridgehead atoms. The first kappa shape index (κ1) is 13.4. The lowest BCUT2D eigenvalue weighted by Gasteiger charge is -2.31. The summed E-state index contributed by atoms with van der Waals surface area (Å²) in [5.41, 5.74) is 0.401. The minimum absolute atomic E-state index is 0.160. The zero-order valence-electron chi connectivity index (χ0n) is 11.1. The van der Waals surface area contributed by atoms with Gasteiger partial charge < -0.3 is 0 Å². The van der Waals surface area contributed by atoms with E-state index in [-0.39, 0.29) is 17.3 Å². The van der Waals surface area contributed by atoms with E-state index in [0.29, 0.717) is 18.4 Å². The molecule has 1 aromatic rings. The maximum Gasteiger partial charge on any atom is 0.180 e. The van der Waals surface area contributed by atoms with Crippen LogP contribution in [0.5, 0.6) is 0 Å². The number of aryl methyl sites for hydroxylation is 1. The molecule has 1 aliphatic carbocycles. The van der Waals surface area contributed by atoms with Crippen molar-refractivity contribution in [3.63, 3.8) is 0 Å². The Morgan fingerprint density at radius 2 is 1.89 bits per heavy atom. The van der Waals surface area contributed by atoms with E-state index in [4.69, 9.17) is 0 Å². The second kappa shape index (κ2) is 4.92. The zero-order valence-corrected chi connectivity index (χ0v) is 11.1. The molecule has 98 valence electrons. The molecule has 3 nitrogen and oxygen atoms in total. The van der Waals surface area contributed by atoms with E-state index in [1.165, 1.54) is 26.0 Å². The first-order valence-electron chi connectivity index (χ1n) is 6.31. The third kappa shape index (κ3) is 2.28. The minimum atomic E-state index is -1.17. The number of carbonyl (C=O) groups is 3. The molecule has 0 radical (unpaired) electrons. The Morgan fingerprint density at radius 3 is 2.53 bits per heavy atom. The van der Waals surface area contributed by atoms with Crippen LogP contribution in [0, 0.1) is 5.41 Å². The number of rotatable bonds is 3. The van der Waals surface area contributed by atoms with Crippen LogP contribution < -0.4 is 0 Å². The fourth-order valence-electron chi connectivity index (χ4n) is 2.52. The highest BCUT2D eigenvalue weighted by Crippen LogP contribution is 2.37. The van der Waals surface area contributed by atoms with Crippen molar-refractivity contribution in [2.24, 2.45) is 5.41 Å². The maximum absolute atomic E-state index is 12.6. The normalized spacial score (nSPS) is 22.3. The first-order chi connectivity index (χ1) is 8.97. The van der Waals surface area contributed by atoms with Crippen molar-refractivity contribution in [2.75, 3.05) is 0 Å². The Labute approximate surface area is 112 Å². The molecular weight excluding hydrogens is 240 g/mol. The third-order valence-electron chi connectivity index (χ3n) is 3.69. The Kier molecular flexibility index (Phi) is 3.47. The molecule has 3 heteroatoms. The van der Waals surface area contributed by atoms with Crippen molar-refractivity contribution < 1.29 is 14.4 Å². The Morgan fingerprint density at radius 1 is 1.21 bits per heavy atom. The maximum atomic E-state index is 12.6. The number of allylic oxidation sites excluding steroid dienone is 2. The SMILES string of the molecule is CC(=O)/C=C\[C@]1(C(C)=O)CCc2ccccc2C1=O. The van der Waals surface area contributed by atoms with E-state index in [1.54, 1.807) is 12.1 Å². The first-order valence-corrected chi connectivity index (χ1v) is 6.31. The van der Waals surface area contributed by atoms with Crippen LogP contribution in [-0.4, -0.2) is 17.3 Å². The predicted molar refractivity (Wildman–Crippen MR) is 72.0 cm³/mol. The number of ketones is 3. The van der Waals surface area contributed by atoms with Crippen molar-refractivity contribution in [1.82, 2.24) is 0 Å². The van der Waals surface area contributed by atoms with Gasteiger partial charge in [0.1, 0.15) is 11.2 Å². The lowest BCUT2D eigenvalue weighted by molar-refractivity contribution is -0.122. The van der Waals surface area contributed by atoms with Gasteiger partial charge in [-0.15, -0.1) is 0 Å². The number of hydrogen-bond acceptors (Lipinski definition) is 3. The largest absolute Gasteiger partial charge is 0.299 e. The molecule has 0 aromatic heterocycles. The molecular formula is C16H16O3. The van der Waals surface area contributed by atoms with Gasteiger partial charge in [-0.1, -0.05) is 30.3 Å². The van der Waals surface area contributed by atoms with Crippen LogP contribution in [0.15, 0.2) is 36.4 Å². The molecule has 1 aromatic carbocycles. The van der Waals surface area contributed by atoms with Gasteiger partial charge in [-0.05, 0) is 38.3 Å². The molecule has 0 spiro atoms.